The van der Waals surface area contributed by atoms with Crippen molar-refractivity contribution in [1.29, 1.82) is 0 Å². The SMILES string of the molecule is Cc1cnc(COc2cc(C)n(-c3cc(-c4ccnc(C(C)(C)O)n4)nn3C)c(=O)c2Cl)c(F)c1. The molecule has 182 valence electrons. The zero-order valence-corrected chi connectivity index (χ0v) is 20.6. The fourth-order valence-corrected chi connectivity index (χ4v) is 3.67. The number of nitrogens with zero attached hydrogens (tertiary/aromatic N) is 6. The van der Waals surface area contributed by atoms with Crippen molar-refractivity contribution in [3.8, 4) is 23.0 Å². The van der Waals surface area contributed by atoms with Gasteiger partial charge in [0.15, 0.2) is 5.82 Å². The molecule has 4 heterocycles. The van der Waals surface area contributed by atoms with E-state index in [2.05, 4.69) is 20.1 Å². The monoisotopic (exact) mass is 498 g/mol. The van der Waals surface area contributed by atoms with Gasteiger partial charge < -0.3 is 9.84 Å². The third-order valence-electron chi connectivity index (χ3n) is 5.27. The second kappa shape index (κ2) is 9.20. The van der Waals surface area contributed by atoms with E-state index >= 15 is 0 Å². The molecule has 0 radical (unpaired) electrons. The van der Waals surface area contributed by atoms with E-state index in [0.29, 0.717) is 28.5 Å². The van der Waals surface area contributed by atoms with Crippen molar-refractivity contribution < 1.29 is 14.2 Å². The number of hydrogen-bond donors (Lipinski definition) is 1. The summed E-state index contributed by atoms with van der Waals surface area (Å²) in [5.74, 6) is 0.330. The van der Waals surface area contributed by atoms with Crippen LogP contribution in [-0.2, 0) is 19.3 Å². The normalized spacial score (nSPS) is 11.7. The smallest absolute Gasteiger partial charge is 0.279 e. The minimum absolute atomic E-state index is 0.111. The Hall–Kier alpha value is -3.63. The van der Waals surface area contributed by atoms with Crippen LogP contribution < -0.4 is 10.3 Å². The van der Waals surface area contributed by atoms with Gasteiger partial charge in [-0.05, 0) is 45.4 Å². The molecular formula is C24H24ClFN6O3. The lowest BCUT2D eigenvalue weighted by molar-refractivity contribution is 0.0688. The molecule has 0 saturated carbocycles. The summed E-state index contributed by atoms with van der Waals surface area (Å²) in [7, 11) is 1.69. The van der Waals surface area contributed by atoms with E-state index in [-0.39, 0.29) is 28.9 Å². The second-order valence-electron chi connectivity index (χ2n) is 8.67. The van der Waals surface area contributed by atoms with Gasteiger partial charge in [0, 0.05) is 37.3 Å². The molecule has 11 heteroatoms. The molecule has 4 aromatic rings. The van der Waals surface area contributed by atoms with Crippen LogP contribution >= 0.6 is 11.6 Å². The first-order chi connectivity index (χ1) is 16.5. The molecule has 0 fully saturated rings. The van der Waals surface area contributed by atoms with Gasteiger partial charge in [-0.1, -0.05) is 11.6 Å². The lowest BCUT2D eigenvalue weighted by atomic mass is 10.1. The van der Waals surface area contributed by atoms with Gasteiger partial charge in [-0.15, -0.1) is 0 Å². The molecule has 9 nitrogen and oxygen atoms in total. The Morgan fingerprint density at radius 2 is 1.91 bits per heavy atom. The summed E-state index contributed by atoms with van der Waals surface area (Å²) < 4.78 is 22.7. The van der Waals surface area contributed by atoms with Crippen molar-refractivity contribution in [2.75, 3.05) is 0 Å². The van der Waals surface area contributed by atoms with Crippen molar-refractivity contribution >= 4 is 11.6 Å². The molecule has 0 atom stereocenters. The Labute approximate surface area is 205 Å². The maximum Gasteiger partial charge on any atom is 0.279 e. The number of pyridine rings is 2. The Morgan fingerprint density at radius 3 is 2.60 bits per heavy atom. The fourth-order valence-electron chi connectivity index (χ4n) is 3.47. The van der Waals surface area contributed by atoms with Crippen molar-refractivity contribution in [2.45, 2.75) is 39.9 Å². The van der Waals surface area contributed by atoms with Crippen LogP contribution in [0.3, 0.4) is 0 Å². The van der Waals surface area contributed by atoms with Gasteiger partial charge >= 0.3 is 0 Å². The fraction of sp³-hybridized carbons (Fsp3) is 0.292. The van der Waals surface area contributed by atoms with Gasteiger partial charge in [-0.3, -0.25) is 19.0 Å². The van der Waals surface area contributed by atoms with Gasteiger partial charge in [-0.2, -0.15) is 5.10 Å². The Bertz CT molecular complexity index is 1480. The van der Waals surface area contributed by atoms with Crippen molar-refractivity contribution in [3.05, 3.63) is 80.6 Å². The van der Waals surface area contributed by atoms with Crippen LogP contribution in [-0.4, -0.2) is 34.4 Å². The topological polar surface area (TPSA) is 108 Å². The molecule has 0 aliphatic carbocycles. The first-order valence-corrected chi connectivity index (χ1v) is 11.1. The minimum Gasteiger partial charge on any atom is -0.485 e. The molecule has 0 aliphatic rings. The summed E-state index contributed by atoms with van der Waals surface area (Å²) in [6.45, 7) is 6.46. The van der Waals surface area contributed by atoms with E-state index < -0.39 is 17.0 Å². The molecule has 4 rings (SSSR count). The maximum absolute atomic E-state index is 14.1. The van der Waals surface area contributed by atoms with E-state index in [9.17, 15) is 14.3 Å². The molecule has 35 heavy (non-hydrogen) atoms. The first kappa shape index (κ1) is 24.5. The minimum atomic E-state index is -1.22. The number of aliphatic hydroxyl groups is 1. The summed E-state index contributed by atoms with van der Waals surface area (Å²) in [5, 5.41) is 14.5. The number of aryl methyl sites for hydroxylation is 3. The number of hydrogen-bond acceptors (Lipinski definition) is 7. The highest BCUT2D eigenvalue weighted by molar-refractivity contribution is 6.31. The summed E-state index contributed by atoms with van der Waals surface area (Å²) in [6, 6.07) is 6.31. The summed E-state index contributed by atoms with van der Waals surface area (Å²) >= 11 is 6.35. The van der Waals surface area contributed by atoms with E-state index in [1.807, 2.05) is 0 Å². The highest BCUT2D eigenvalue weighted by Gasteiger charge is 2.22. The average molecular weight is 499 g/mol. The highest BCUT2D eigenvalue weighted by Crippen LogP contribution is 2.26. The van der Waals surface area contributed by atoms with Crippen molar-refractivity contribution in [2.24, 2.45) is 7.05 Å². The number of halogens is 2. The molecule has 0 bridgehead atoms. The number of ether oxygens (including phenoxy) is 1. The van der Waals surface area contributed by atoms with Crippen molar-refractivity contribution in [1.82, 2.24) is 29.3 Å². The van der Waals surface area contributed by atoms with Gasteiger partial charge in [-0.25, -0.2) is 14.4 Å². The Morgan fingerprint density at radius 1 is 1.17 bits per heavy atom. The third kappa shape index (κ3) is 4.94. The molecule has 0 aliphatic heterocycles. The van der Waals surface area contributed by atoms with Crippen LogP contribution in [0.4, 0.5) is 4.39 Å². The molecular weight excluding hydrogens is 475 g/mol. The summed E-state index contributed by atoms with van der Waals surface area (Å²) in [4.78, 5) is 25.7. The predicted molar refractivity (Wildman–Crippen MR) is 128 cm³/mol. The molecule has 1 N–H and O–H groups in total. The van der Waals surface area contributed by atoms with Gasteiger partial charge in [0.2, 0.25) is 0 Å². The summed E-state index contributed by atoms with van der Waals surface area (Å²) in [5.41, 5.74) is 0.565. The van der Waals surface area contributed by atoms with Gasteiger partial charge in [0.25, 0.3) is 5.56 Å². The zero-order valence-electron chi connectivity index (χ0n) is 19.9. The third-order valence-corrected chi connectivity index (χ3v) is 5.62. The summed E-state index contributed by atoms with van der Waals surface area (Å²) in [6.07, 6.45) is 3.07. The van der Waals surface area contributed by atoms with Crippen LogP contribution in [0.25, 0.3) is 17.2 Å². The van der Waals surface area contributed by atoms with E-state index in [1.165, 1.54) is 27.7 Å². The van der Waals surface area contributed by atoms with Crippen LogP contribution in [0, 0.1) is 19.7 Å². The molecule has 0 unspecified atom stereocenters. The van der Waals surface area contributed by atoms with Crippen molar-refractivity contribution in [3.63, 3.8) is 0 Å². The van der Waals surface area contributed by atoms with Gasteiger partial charge in [0.05, 0.1) is 5.69 Å². The Kier molecular flexibility index (Phi) is 6.44. The molecule has 0 amide bonds. The van der Waals surface area contributed by atoms with E-state index in [4.69, 9.17) is 16.3 Å². The maximum atomic E-state index is 14.1. The van der Waals surface area contributed by atoms with Gasteiger partial charge in [0.1, 0.15) is 46.0 Å². The second-order valence-corrected chi connectivity index (χ2v) is 9.05. The highest BCUT2D eigenvalue weighted by atomic mass is 35.5. The van der Waals surface area contributed by atoms with Crippen LogP contribution in [0.1, 0.15) is 36.6 Å². The van der Waals surface area contributed by atoms with Crippen LogP contribution in [0.15, 0.2) is 41.5 Å². The van der Waals surface area contributed by atoms with E-state index in [1.54, 1.807) is 52.9 Å². The molecule has 0 saturated heterocycles. The predicted octanol–water partition coefficient (Wildman–Crippen LogP) is 3.64. The first-order valence-electron chi connectivity index (χ1n) is 10.7. The molecule has 0 spiro atoms. The average Bonchev–Trinajstić information content (AvgIpc) is 3.17. The lowest BCUT2D eigenvalue weighted by Crippen LogP contribution is -2.23. The Balaban J connectivity index is 1.68. The molecule has 4 aromatic heterocycles. The number of rotatable bonds is 6. The lowest BCUT2D eigenvalue weighted by Gasteiger charge is -2.15. The van der Waals surface area contributed by atoms with E-state index in [0.717, 1.165) is 0 Å². The van der Waals surface area contributed by atoms with Crippen LogP contribution in [0.5, 0.6) is 5.75 Å². The number of aromatic nitrogens is 6. The van der Waals surface area contributed by atoms with Crippen LogP contribution in [0.2, 0.25) is 5.02 Å². The molecule has 0 aromatic carbocycles. The quantitative estimate of drug-likeness (QED) is 0.432. The standard InChI is InChI=1S/C24H24ClFN6O3/c1-13-8-15(26)18(28-11-13)12-35-19-9-14(2)32(22(33)21(19)25)20-10-17(30-31(20)5)16-6-7-27-23(29-16)24(3,4)34/h6-11,34H,12H2,1-5H3. The largest absolute Gasteiger partial charge is 0.485 e. The zero-order chi connectivity index (χ0) is 25.5.